The third-order valence-electron chi connectivity index (χ3n) is 4.90. The Hall–Kier alpha value is -1.55. The number of ether oxygens (including phenoxy) is 2. The van der Waals surface area contributed by atoms with Gasteiger partial charge in [-0.05, 0) is 49.9 Å². The number of carbonyl (C=O) groups excluding carboxylic acids is 1. The van der Waals surface area contributed by atoms with Crippen molar-refractivity contribution >= 4 is 11.6 Å². The number of aryl methyl sites for hydroxylation is 1. The highest BCUT2D eigenvalue weighted by molar-refractivity contribution is 5.97. The van der Waals surface area contributed by atoms with E-state index < -0.39 is 5.60 Å². The predicted octanol–water partition coefficient (Wildman–Crippen LogP) is 4.85. The van der Waals surface area contributed by atoms with Crippen molar-refractivity contribution in [1.82, 2.24) is 0 Å². The third kappa shape index (κ3) is 4.73. The number of hydrogen-bond acceptors (Lipinski definition) is 3. The molecule has 0 aromatic heterocycles. The Morgan fingerprint density at radius 1 is 1.21 bits per heavy atom. The summed E-state index contributed by atoms with van der Waals surface area (Å²) in [5, 5.41) is 3.05. The van der Waals surface area contributed by atoms with Gasteiger partial charge in [0.1, 0.15) is 11.4 Å². The molecule has 0 aliphatic heterocycles. The summed E-state index contributed by atoms with van der Waals surface area (Å²) in [6, 6.07) is 5.82. The maximum absolute atomic E-state index is 12.8. The van der Waals surface area contributed by atoms with Crippen LogP contribution in [-0.2, 0) is 9.53 Å². The largest absolute Gasteiger partial charge is 0.493 e. The third-order valence-corrected chi connectivity index (χ3v) is 4.90. The van der Waals surface area contributed by atoms with Gasteiger partial charge in [0, 0.05) is 12.8 Å². The molecule has 1 fully saturated rings. The van der Waals surface area contributed by atoms with Crippen LogP contribution >= 0.6 is 0 Å². The van der Waals surface area contributed by atoms with Gasteiger partial charge in [-0.1, -0.05) is 39.0 Å². The molecular weight excluding hydrogens is 302 g/mol. The molecular formula is C20H31NO3. The number of carbonyl (C=O) groups is 1. The minimum absolute atomic E-state index is 0.0223. The van der Waals surface area contributed by atoms with Gasteiger partial charge in [-0.15, -0.1) is 0 Å². The van der Waals surface area contributed by atoms with E-state index in [9.17, 15) is 4.79 Å². The van der Waals surface area contributed by atoms with Crippen LogP contribution in [0.5, 0.6) is 5.75 Å². The second kappa shape index (κ2) is 9.07. The van der Waals surface area contributed by atoms with E-state index >= 15 is 0 Å². The van der Waals surface area contributed by atoms with E-state index in [2.05, 4.69) is 12.2 Å². The number of anilines is 1. The first-order valence-electron chi connectivity index (χ1n) is 9.21. The fourth-order valence-corrected chi connectivity index (χ4v) is 3.28. The maximum Gasteiger partial charge on any atom is 0.256 e. The van der Waals surface area contributed by atoms with Crippen molar-refractivity contribution in [2.45, 2.75) is 70.8 Å². The highest BCUT2D eigenvalue weighted by atomic mass is 16.5. The Bertz CT molecular complexity index is 534. The second-order valence-electron chi connectivity index (χ2n) is 6.75. The Morgan fingerprint density at radius 2 is 1.92 bits per heavy atom. The van der Waals surface area contributed by atoms with Gasteiger partial charge < -0.3 is 14.8 Å². The zero-order valence-corrected chi connectivity index (χ0v) is 15.3. The van der Waals surface area contributed by atoms with Gasteiger partial charge in [0.25, 0.3) is 5.91 Å². The standard InChI is InChI=1S/C20H31NO3/c1-4-5-14-24-18-11-10-17(15-16(18)2)21-19(22)20(23-3)12-8-6-7-9-13-20/h10-11,15H,4-9,12-14H2,1-3H3,(H,21,22). The Morgan fingerprint density at radius 3 is 2.50 bits per heavy atom. The minimum Gasteiger partial charge on any atom is -0.493 e. The molecule has 0 bridgehead atoms. The van der Waals surface area contributed by atoms with Crippen LogP contribution in [0.1, 0.15) is 63.9 Å². The zero-order valence-electron chi connectivity index (χ0n) is 15.3. The zero-order chi connectivity index (χ0) is 17.4. The average Bonchev–Trinajstić information content (AvgIpc) is 2.83. The first-order chi connectivity index (χ1) is 11.6. The summed E-state index contributed by atoms with van der Waals surface area (Å²) in [5.41, 5.74) is 1.16. The monoisotopic (exact) mass is 333 g/mol. The molecule has 1 aliphatic rings. The average molecular weight is 333 g/mol. The molecule has 1 aliphatic carbocycles. The van der Waals surface area contributed by atoms with Crippen molar-refractivity contribution < 1.29 is 14.3 Å². The molecule has 4 nitrogen and oxygen atoms in total. The number of unbranched alkanes of at least 4 members (excludes halogenated alkanes) is 1. The molecule has 0 heterocycles. The molecule has 1 aromatic carbocycles. The maximum atomic E-state index is 12.8. The smallest absolute Gasteiger partial charge is 0.256 e. The number of hydrogen-bond donors (Lipinski definition) is 1. The van der Waals surface area contributed by atoms with E-state index in [4.69, 9.17) is 9.47 Å². The van der Waals surface area contributed by atoms with Crippen LogP contribution in [0.3, 0.4) is 0 Å². The van der Waals surface area contributed by atoms with Crippen LogP contribution in [0, 0.1) is 6.92 Å². The van der Waals surface area contributed by atoms with Gasteiger partial charge >= 0.3 is 0 Å². The summed E-state index contributed by atoms with van der Waals surface area (Å²) >= 11 is 0. The van der Waals surface area contributed by atoms with Crippen LogP contribution < -0.4 is 10.1 Å². The minimum atomic E-state index is -0.680. The highest BCUT2D eigenvalue weighted by Crippen LogP contribution is 2.32. The summed E-state index contributed by atoms with van der Waals surface area (Å²) in [7, 11) is 1.65. The normalized spacial score (nSPS) is 17.1. The fraction of sp³-hybridized carbons (Fsp3) is 0.650. The van der Waals surface area contributed by atoms with E-state index in [0.717, 1.165) is 62.1 Å². The summed E-state index contributed by atoms with van der Waals surface area (Å²) in [6.07, 6.45) is 8.22. The molecule has 1 amide bonds. The number of benzene rings is 1. The van der Waals surface area contributed by atoms with Crippen LogP contribution in [0.15, 0.2) is 18.2 Å². The summed E-state index contributed by atoms with van der Waals surface area (Å²) in [5.74, 6) is 0.864. The Kier molecular flexibility index (Phi) is 7.10. The molecule has 0 spiro atoms. The lowest BCUT2D eigenvalue weighted by atomic mass is 9.93. The topological polar surface area (TPSA) is 47.6 Å². The number of amides is 1. The van der Waals surface area contributed by atoms with Gasteiger partial charge in [-0.2, -0.15) is 0 Å². The van der Waals surface area contributed by atoms with Crippen LogP contribution in [0.25, 0.3) is 0 Å². The van der Waals surface area contributed by atoms with Gasteiger partial charge in [-0.3, -0.25) is 4.79 Å². The van der Waals surface area contributed by atoms with E-state index in [1.165, 1.54) is 12.8 Å². The number of methoxy groups -OCH3 is 1. The first-order valence-corrected chi connectivity index (χ1v) is 9.21. The van der Waals surface area contributed by atoms with Crippen molar-refractivity contribution in [3.05, 3.63) is 23.8 Å². The van der Waals surface area contributed by atoms with E-state index in [0.29, 0.717) is 0 Å². The second-order valence-corrected chi connectivity index (χ2v) is 6.75. The fourth-order valence-electron chi connectivity index (χ4n) is 3.28. The lowest BCUT2D eigenvalue weighted by Gasteiger charge is -2.30. The van der Waals surface area contributed by atoms with Gasteiger partial charge in [0.2, 0.25) is 0 Å². The van der Waals surface area contributed by atoms with Crippen molar-refractivity contribution in [1.29, 1.82) is 0 Å². The summed E-state index contributed by atoms with van der Waals surface area (Å²) in [6.45, 7) is 4.89. The Balaban J connectivity index is 2.03. The SMILES string of the molecule is CCCCOc1ccc(NC(=O)C2(OC)CCCCCC2)cc1C. The quantitative estimate of drug-likeness (QED) is 0.573. The summed E-state index contributed by atoms with van der Waals surface area (Å²) in [4.78, 5) is 12.8. The van der Waals surface area contributed by atoms with Crippen molar-refractivity contribution in [2.24, 2.45) is 0 Å². The molecule has 2 rings (SSSR count). The molecule has 4 heteroatoms. The number of nitrogens with one attached hydrogen (secondary N) is 1. The Labute approximate surface area is 145 Å². The highest BCUT2D eigenvalue weighted by Gasteiger charge is 2.38. The molecule has 1 saturated carbocycles. The molecule has 1 aromatic rings. The van der Waals surface area contributed by atoms with Crippen molar-refractivity contribution in [3.8, 4) is 5.75 Å². The van der Waals surface area contributed by atoms with E-state index in [1.807, 2.05) is 25.1 Å². The van der Waals surface area contributed by atoms with Crippen LogP contribution in [0.4, 0.5) is 5.69 Å². The predicted molar refractivity (Wildman–Crippen MR) is 97.7 cm³/mol. The molecule has 1 N–H and O–H groups in total. The first kappa shape index (κ1) is 18.8. The van der Waals surface area contributed by atoms with Crippen molar-refractivity contribution in [2.75, 3.05) is 19.0 Å². The van der Waals surface area contributed by atoms with Crippen LogP contribution in [-0.4, -0.2) is 25.2 Å². The van der Waals surface area contributed by atoms with Crippen molar-refractivity contribution in [3.63, 3.8) is 0 Å². The lowest BCUT2D eigenvalue weighted by molar-refractivity contribution is -0.139. The van der Waals surface area contributed by atoms with E-state index in [-0.39, 0.29) is 5.91 Å². The molecule has 134 valence electrons. The summed E-state index contributed by atoms with van der Waals surface area (Å²) < 4.78 is 11.4. The van der Waals surface area contributed by atoms with Gasteiger partial charge in [0.15, 0.2) is 0 Å². The molecule has 0 radical (unpaired) electrons. The van der Waals surface area contributed by atoms with E-state index in [1.54, 1.807) is 7.11 Å². The number of rotatable bonds is 7. The molecule has 0 atom stereocenters. The van der Waals surface area contributed by atoms with Gasteiger partial charge in [0.05, 0.1) is 6.61 Å². The van der Waals surface area contributed by atoms with Gasteiger partial charge in [-0.25, -0.2) is 0 Å². The molecule has 0 unspecified atom stereocenters. The molecule has 0 saturated heterocycles. The van der Waals surface area contributed by atoms with Crippen LogP contribution in [0.2, 0.25) is 0 Å². The molecule has 24 heavy (non-hydrogen) atoms. The lowest BCUT2D eigenvalue weighted by Crippen LogP contribution is -2.44.